The smallest absolute Gasteiger partial charge is 0.311 e. The summed E-state index contributed by atoms with van der Waals surface area (Å²) >= 11 is 0. The number of hydrogen-bond acceptors (Lipinski definition) is 9. The molecule has 10 nitrogen and oxygen atoms in total. The molecule has 0 unspecified atom stereocenters. The summed E-state index contributed by atoms with van der Waals surface area (Å²) in [5.41, 5.74) is 1.29. The van der Waals surface area contributed by atoms with Gasteiger partial charge in [0.05, 0.1) is 41.6 Å². The van der Waals surface area contributed by atoms with Crippen LogP contribution in [0.5, 0.6) is 0 Å². The summed E-state index contributed by atoms with van der Waals surface area (Å²) in [6.07, 6.45) is 7.42. The number of ether oxygens (including phenoxy) is 1. The minimum Gasteiger partial charge on any atom is -0.469 e. The predicted molar refractivity (Wildman–Crippen MR) is 148 cm³/mol. The summed E-state index contributed by atoms with van der Waals surface area (Å²) in [6.45, 7) is 1.85. The Morgan fingerprint density at radius 3 is 2.51 bits per heavy atom. The quantitative estimate of drug-likeness (QED) is 0.331. The number of pyridine rings is 1. The number of benzene rings is 1. The van der Waals surface area contributed by atoms with E-state index in [1.807, 2.05) is 6.92 Å². The van der Waals surface area contributed by atoms with Crippen LogP contribution in [-0.2, 0) is 19.6 Å². The molecule has 3 fully saturated rings. The van der Waals surface area contributed by atoms with Crippen LogP contribution in [0.25, 0.3) is 22.3 Å². The van der Waals surface area contributed by atoms with E-state index in [1.165, 1.54) is 37.7 Å². The van der Waals surface area contributed by atoms with Crippen LogP contribution in [0.3, 0.4) is 0 Å². The topological polar surface area (TPSA) is 140 Å². The van der Waals surface area contributed by atoms with Gasteiger partial charge in [-0.3, -0.25) is 4.79 Å². The zero-order chi connectivity index (χ0) is 28.9. The molecule has 3 heterocycles. The molecule has 4 aromatic rings. The molecule has 2 bridgehead atoms. The summed E-state index contributed by atoms with van der Waals surface area (Å²) in [6, 6.07) is 9.31. The van der Waals surface area contributed by atoms with Crippen molar-refractivity contribution < 1.29 is 22.3 Å². The highest BCUT2D eigenvalue weighted by molar-refractivity contribution is 7.90. The van der Waals surface area contributed by atoms with Gasteiger partial charge in [0.1, 0.15) is 11.9 Å². The summed E-state index contributed by atoms with van der Waals surface area (Å²) < 4.78 is 47.8. The minimum atomic E-state index is -4.12. The molecule has 0 spiro atoms. The van der Waals surface area contributed by atoms with Crippen molar-refractivity contribution in [2.24, 2.45) is 17.8 Å². The Hall–Kier alpha value is -4.37. The van der Waals surface area contributed by atoms with Crippen LogP contribution >= 0.6 is 0 Å². The second kappa shape index (κ2) is 10.2. The highest BCUT2D eigenvalue weighted by Crippen LogP contribution is 2.46. The molecule has 210 valence electrons. The van der Waals surface area contributed by atoms with Crippen molar-refractivity contribution in [3.8, 4) is 17.3 Å². The Labute approximate surface area is 236 Å². The number of nitriles is 1. The molecular formula is C29H27FN6O4S. The number of esters is 1. The zero-order valence-corrected chi connectivity index (χ0v) is 23.2. The van der Waals surface area contributed by atoms with Gasteiger partial charge in [-0.2, -0.15) is 5.26 Å². The summed E-state index contributed by atoms with van der Waals surface area (Å²) in [5, 5.41) is 13.4. The number of carbonyl (C=O) groups excluding carboxylic acids is 1. The summed E-state index contributed by atoms with van der Waals surface area (Å²) in [5.74, 6) is -0.702. The van der Waals surface area contributed by atoms with Gasteiger partial charge >= 0.3 is 5.97 Å². The van der Waals surface area contributed by atoms with E-state index in [0.717, 1.165) is 41.4 Å². The SMILES string of the molecule is COC(=O)[C@@H]1C2CCC(CC2)[C@@H]1Nc1ncc(C#N)c(-c2cn(S(=O)(=O)c3ccc(C)cc3)c3ncc(F)cc23)n1. The van der Waals surface area contributed by atoms with E-state index >= 15 is 0 Å². The number of aromatic nitrogens is 4. The fourth-order valence-electron chi connectivity index (χ4n) is 6.27. The lowest BCUT2D eigenvalue weighted by atomic mass is 9.61. The van der Waals surface area contributed by atoms with Gasteiger partial charge in [0.2, 0.25) is 5.95 Å². The van der Waals surface area contributed by atoms with Crippen molar-refractivity contribution in [1.29, 1.82) is 5.26 Å². The Morgan fingerprint density at radius 1 is 1.12 bits per heavy atom. The Kier molecular flexibility index (Phi) is 6.69. The molecule has 0 aliphatic heterocycles. The maximum Gasteiger partial charge on any atom is 0.311 e. The molecule has 3 saturated carbocycles. The molecule has 3 aliphatic carbocycles. The van der Waals surface area contributed by atoms with Gasteiger partial charge in [-0.25, -0.2) is 31.7 Å². The minimum absolute atomic E-state index is 0.00525. The average Bonchev–Trinajstić information content (AvgIpc) is 3.37. The third-order valence-corrected chi connectivity index (χ3v) is 9.97. The second-order valence-electron chi connectivity index (χ2n) is 10.6. The lowest BCUT2D eigenvalue weighted by Gasteiger charge is -2.47. The van der Waals surface area contributed by atoms with Gasteiger partial charge in [-0.1, -0.05) is 17.7 Å². The lowest BCUT2D eigenvalue weighted by Crippen LogP contribution is -2.52. The number of nitrogens with zero attached hydrogens (tertiary/aromatic N) is 5. The second-order valence-corrected chi connectivity index (χ2v) is 12.5. The number of halogens is 1. The lowest BCUT2D eigenvalue weighted by molar-refractivity contribution is -0.152. The van der Waals surface area contributed by atoms with Crippen LogP contribution in [0, 0.1) is 41.8 Å². The van der Waals surface area contributed by atoms with E-state index in [1.54, 1.807) is 12.1 Å². The Bertz CT molecular complexity index is 1810. The largest absolute Gasteiger partial charge is 0.469 e. The third kappa shape index (κ3) is 4.60. The number of hydrogen-bond donors (Lipinski definition) is 1. The van der Waals surface area contributed by atoms with E-state index in [2.05, 4.69) is 26.3 Å². The molecule has 3 aromatic heterocycles. The molecule has 3 aliphatic rings. The van der Waals surface area contributed by atoms with E-state index in [0.29, 0.717) is 0 Å². The maximum atomic E-state index is 14.4. The number of aryl methyl sites for hydroxylation is 1. The molecule has 7 rings (SSSR count). The van der Waals surface area contributed by atoms with Crippen molar-refractivity contribution in [3.63, 3.8) is 0 Å². The van der Waals surface area contributed by atoms with Crippen molar-refractivity contribution in [2.75, 3.05) is 12.4 Å². The summed E-state index contributed by atoms with van der Waals surface area (Å²) in [7, 11) is -2.74. The monoisotopic (exact) mass is 574 g/mol. The molecular weight excluding hydrogens is 547 g/mol. The Balaban J connectivity index is 1.47. The fraction of sp³-hybridized carbons (Fsp3) is 0.345. The molecule has 1 N–H and O–H groups in total. The van der Waals surface area contributed by atoms with Crippen LogP contribution in [-0.4, -0.2) is 46.5 Å². The first kappa shape index (κ1) is 26.8. The van der Waals surface area contributed by atoms with Crippen LogP contribution in [0.2, 0.25) is 0 Å². The van der Waals surface area contributed by atoms with E-state index < -0.39 is 15.8 Å². The predicted octanol–water partition coefficient (Wildman–Crippen LogP) is 4.44. The number of fused-ring (bicyclic) bond motifs is 4. The van der Waals surface area contributed by atoms with Crippen LogP contribution in [0.1, 0.15) is 36.8 Å². The van der Waals surface area contributed by atoms with Crippen molar-refractivity contribution >= 4 is 33.0 Å². The molecule has 0 radical (unpaired) electrons. The molecule has 2 atom stereocenters. The van der Waals surface area contributed by atoms with Gasteiger partial charge in [0.15, 0.2) is 5.65 Å². The third-order valence-electron chi connectivity index (χ3n) is 8.31. The van der Waals surface area contributed by atoms with Crippen molar-refractivity contribution in [3.05, 3.63) is 65.9 Å². The molecule has 0 amide bonds. The van der Waals surface area contributed by atoms with E-state index in [4.69, 9.17) is 4.74 Å². The zero-order valence-electron chi connectivity index (χ0n) is 22.4. The first-order chi connectivity index (χ1) is 19.7. The van der Waals surface area contributed by atoms with Crippen LogP contribution < -0.4 is 5.32 Å². The standard InChI is InChI=1S/C29H27FN6O4S/c1-16-3-9-21(10-4-16)41(38,39)36-15-23(22-11-20(30)14-32-27(22)36)25-19(12-31)13-33-29(34-25)35-26-18-7-5-17(6-8-18)24(26)28(37)40-2/h3-4,9-11,13-15,17-18,24,26H,5-8H2,1-2H3,(H,33,34,35)/t17?,18?,24-,26+/m1/s1. The normalized spacial score (nSPS) is 21.9. The van der Waals surface area contributed by atoms with E-state index in [9.17, 15) is 22.9 Å². The highest BCUT2D eigenvalue weighted by atomic mass is 32.2. The molecule has 12 heteroatoms. The molecule has 1 aromatic carbocycles. The van der Waals surface area contributed by atoms with Gasteiger partial charge < -0.3 is 10.1 Å². The van der Waals surface area contributed by atoms with Crippen molar-refractivity contribution in [1.82, 2.24) is 18.9 Å². The number of nitrogens with one attached hydrogen (secondary N) is 1. The molecule has 41 heavy (non-hydrogen) atoms. The van der Waals surface area contributed by atoms with Gasteiger partial charge in [-0.05, 0) is 62.6 Å². The first-order valence-electron chi connectivity index (χ1n) is 13.3. The highest BCUT2D eigenvalue weighted by Gasteiger charge is 2.48. The number of rotatable bonds is 6. The average molecular weight is 575 g/mol. The van der Waals surface area contributed by atoms with Crippen LogP contribution in [0.15, 0.2) is 53.8 Å². The van der Waals surface area contributed by atoms with Gasteiger partial charge in [0.25, 0.3) is 10.0 Å². The molecule has 0 saturated heterocycles. The van der Waals surface area contributed by atoms with Gasteiger partial charge in [-0.15, -0.1) is 0 Å². The Morgan fingerprint density at radius 2 is 1.83 bits per heavy atom. The number of anilines is 1. The van der Waals surface area contributed by atoms with Crippen molar-refractivity contribution in [2.45, 2.75) is 43.5 Å². The van der Waals surface area contributed by atoms with Crippen LogP contribution in [0.4, 0.5) is 10.3 Å². The van der Waals surface area contributed by atoms with E-state index in [-0.39, 0.29) is 68.5 Å². The first-order valence-corrected chi connectivity index (χ1v) is 14.8. The van der Waals surface area contributed by atoms with Gasteiger partial charge in [0, 0.05) is 23.2 Å². The fourth-order valence-corrected chi connectivity index (χ4v) is 7.59. The summed E-state index contributed by atoms with van der Waals surface area (Å²) in [4.78, 5) is 25.8. The number of methoxy groups -OCH3 is 1. The maximum absolute atomic E-state index is 14.4. The number of carbonyl (C=O) groups is 1.